The summed E-state index contributed by atoms with van der Waals surface area (Å²) in [4.78, 5) is 6.84. The van der Waals surface area contributed by atoms with Crippen LogP contribution in [0.15, 0.2) is 48.7 Å². The average Bonchev–Trinajstić information content (AvgIpc) is 2.95. The highest BCUT2D eigenvalue weighted by Gasteiger charge is 2.21. The zero-order valence-electron chi connectivity index (χ0n) is 17.4. The van der Waals surface area contributed by atoms with Crippen molar-refractivity contribution >= 4 is 11.6 Å². The molecule has 0 spiro atoms. The summed E-state index contributed by atoms with van der Waals surface area (Å²) in [6, 6.07) is 14.2. The summed E-state index contributed by atoms with van der Waals surface area (Å²) in [5.41, 5.74) is 5.30. The van der Waals surface area contributed by atoms with Gasteiger partial charge in [0.1, 0.15) is 12.4 Å². The van der Waals surface area contributed by atoms with Crippen LogP contribution in [0.4, 0.5) is 0 Å². The Morgan fingerprint density at radius 1 is 1.07 bits per heavy atom. The number of halogens is 1. The number of fused-ring (bicyclic) bond motifs is 1. The third-order valence-electron chi connectivity index (χ3n) is 5.29. The van der Waals surface area contributed by atoms with Crippen LogP contribution >= 0.6 is 11.6 Å². The quantitative estimate of drug-likeness (QED) is 0.568. The van der Waals surface area contributed by atoms with Gasteiger partial charge in [0.15, 0.2) is 11.5 Å². The Bertz CT molecular complexity index is 1040. The second-order valence-electron chi connectivity index (χ2n) is 7.39. The summed E-state index contributed by atoms with van der Waals surface area (Å²) in [5, 5.41) is 0.616. The maximum absolute atomic E-state index is 6.08. The number of hydrogen-bond donors (Lipinski definition) is 0. The molecule has 1 aromatic heterocycles. The molecule has 1 aliphatic rings. The molecule has 2 heterocycles. The highest BCUT2D eigenvalue weighted by Crippen LogP contribution is 2.38. The lowest BCUT2D eigenvalue weighted by atomic mass is 10.0. The number of hydrogen-bond acceptors (Lipinski definition) is 5. The molecule has 4 rings (SSSR count). The van der Waals surface area contributed by atoms with Crippen molar-refractivity contribution in [1.82, 2.24) is 9.88 Å². The molecule has 0 radical (unpaired) electrons. The fraction of sp³-hybridized carbons (Fsp3) is 0.292. The van der Waals surface area contributed by atoms with Gasteiger partial charge < -0.3 is 14.2 Å². The van der Waals surface area contributed by atoms with Crippen molar-refractivity contribution in [2.45, 2.75) is 20.0 Å². The number of aromatic nitrogens is 1. The number of rotatable bonds is 5. The van der Waals surface area contributed by atoms with Crippen molar-refractivity contribution < 1.29 is 14.2 Å². The maximum atomic E-state index is 6.08. The first-order valence-corrected chi connectivity index (χ1v) is 10.3. The standard InChI is InChI=1S/C24H25ClN2O3/c1-16-10-17(4-7-22(16)28-2)14-27-8-9-30-24-19(15-27)11-18(12-23(24)29-3)21-6-5-20(25)13-26-21/h4-7,10-13H,8-9,14-15H2,1-3H3. The minimum absolute atomic E-state index is 0.608. The Labute approximate surface area is 182 Å². The van der Waals surface area contributed by atoms with E-state index in [0.717, 1.165) is 59.3 Å². The largest absolute Gasteiger partial charge is 0.496 e. The molecule has 0 unspecified atom stereocenters. The molecule has 0 atom stereocenters. The fourth-order valence-corrected chi connectivity index (χ4v) is 3.93. The van der Waals surface area contributed by atoms with Crippen molar-refractivity contribution in [2.24, 2.45) is 0 Å². The van der Waals surface area contributed by atoms with Crippen LogP contribution in [0, 0.1) is 6.92 Å². The summed E-state index contributed by atoms with van der Waals surface area (Å²) in [5.74, 6) is 2.44. The number of benzene rings is 2. The predicted octanol–water partition coefficient (Wildman–Crippen LogP) is 5.12. The van der Waals surface area contributed by atoms with Gasteiger partial charge in [0.2, 0.25) is 0 Å². The number of methoxy groups -OCH3 is 2. The lowest BCUT2D eigenvalue weighted by Gasteiger charge is -2.20. The van der Waals surface area contributed by atoms with Gasteiger partial charge in [0.05, 0.1) is 24.9 Å². The molecule has 0 fully saturated rings. The molecule has 156 valence electrons. The molecule has 0 saturated heterocycles. The van der Waals surface area contributed by atoms with Crippen LogP contribution in [0.5, 0.6) is 17.2 Å². The summed E-state index contributed by atoms with van der Waals surface area (Å²) >= 11 is 6.00. The van der Waals surface area contributed by atoms with E-state index < -0.39 is 0 Å². The van der Waals surface area contributed by atoms with Gasteiger partial charge in [-0.15, -0.1) is 0 Å². The Morgan fingerprint density at radius 3 is 2.60 bits per heavy atom. The average molecular weight is 425 g/mol. The van der Waals surface area contributed by atoms with E-state index in [1.54, 1.807) is 20.4 Å². The van der Waals surface area contributed by atoms with Crippen molar-refractivity contribution in [3.05, 3.63) is 70.4 Å². The number of nitrogens with zero attached hydrogens (tertiary/aromatic N) is 2. The topological polar surface area (TPSA) is 43.8 Å². The van der Waals surface area contributed by atoms with E-state index in [2.05, 4.69) is 35.0 Å². The Balaban J connectivity index is 1.63. The van der Waals surface area contributed by atoms with Gasteiger partial charge in [0.25, 0.3) is 0 Å². The fourth-order valence-electron chi connectivity index (χ4n) is 3.82. The van der Waals surface area contributed by atoms with Gasteiger partial charge in [-0.25, -0.2) is 0 Å². The van der Waals surface area contributed by atoms with Gasteiger partial charge in [-0.05, 0) is 48.4 Å². The predicted molar refractivity (Wildman–Crippen MR) is 119 cm³/mol. The Morgan fingerprint density at radius 2 is 1.90 bits per heavy atom. The first-order valence-electron chi connectivity index (χ1n) is 9.89. The number of ether oxygens (including phenoxy) is 3. The number of pyridine rings is 1. The van der Waals surface area contributed by atoms with Crippen LogP contribution in [0.3, 0.4) is 0 Å². The van der Waals surface area contributed by atoms with E-state index in [4.69, 9.17) is 25.8 Å². The van der Waals surface area contributed by atoms with Gasteiger partial charge in [-0.3, -0.25) is 9.88 Å². The molecule has 6 heteroatoms. The Kier molecular flexibility index (Phi) is 6.11. The molecule has 30 heavy (non-hydrogen) atoms. The molecule has 5 nitrogen and oxygen atoms in total. The summed E-state index contributed by atoms with van der Waals surface area (Å²) in [7, 11) is 3.37. The molecular formula is C24H25ClN2O3. The second kappa shape index (κ2) is 8.94. The van der Waals surface area contributed by atoms with Gasteiger partial charge in [-0.2, -0.15) is 0 Å². The summed E-state index contributed by atoms with van der Waals surface area (Å²) < 4.78 is 17.1. The molecule has 1 aliphatic heterocycles. The van der Waals surface area contributed by atoms with Crippen molar-refractivity contribution in [3.8, 4) is 28.5 Å². The van der Waals surface area contributed by atoms with Gasteiger partial charge in [-0.1, -0.05) is 23.7 Å². The maximum Gasteiger partial charge on any atom is 0.165 e. The number of aryl methyl sites for hydroxylation is 1. The van der Waals surface area contributed by atoms with E-state index >= 15 is 0 Å². The molecule has 3 aromatic rings. The second-order valence-corrected chi connectivity index (χ2v) is 7.83. The molecule has 0 amide bonds. The minimum atomic E-state index is 0.608. The molecule has 2 aromatic carbocycles. The Hall–Kier alpha value is -2.76. The smallest absolute Gasteiger partial charge is 0.165 e. The monoisotopic (exact) mass is 424 g/mol. The third kappa shape index (κ3) is 4.37. The molecule has 0 bridgehead atoms. The zero-order chi connectivity index (χ0) is 21.1. The van der Waals surface area contributed by atoms with E-state index in [9.17, 15) is 0 Å². The van der Waals surface area contributed by atoms with E-state index in [0.29, 0.717) is 11.6 Å². The van der Waals surface area contributed by atoms with Crippen molar-refractivity contribution in [3.63, 3.8) is 0 Å². The van der Waals surface area contributed by atoms with Crippen LogP contribution < -0.4 is 14.2 Å². The van der Waals surface area contributed by atoms with Crippen molar-refractivity contribution in [2.75, 3.05) is 27.4 Å². The van der Waals surface area contributed by atoms with Crippen LogP contribution in [-0.4, -0.2) is 37.3 Å². The summed E-state index contributed by atoms with van der Waals surface area (Å²) in [6.07, 6.45) is 1.66. The first-order chi connectivity index (χ1) is 14.6. The van der Waals surface area contributed by atoms with E-state index in [-0.39, 0.29) is 0 Å². The van der Waals surface area contributed by atoms with Gasteiger partial charge >= 0.3 is 0 Å². The first kappa shape index (κ1) is 20.5. The van der Waals surface area contributed by atoms with E-state index in [1.807, 2.05) is 24.3 Å². The van der Waals surface area contributed by atoms with E-state index in [1.165, 1.54) is 5.56 Å². The van der Waals surface area contributed by atoms with Crippen LogP contribution in [0.1, 0.15) is 16.7 Å². The molecule has 0 aliphatic carbocycles. The van der Waals surface area contributed by atoms with Crippen molar-refractivity contribution in [1.29, 1.82) is 0 Å². The molecule has 0 saturated carbocycles. The zero-order valence-corrected chi connectivity index (χ0v) is 18.2. The SMILES string of the molecule is COc1ccc(CN2CCOc3c(cc(-c4ccc(Cl)cn4)cc3OC)C2)cc1C. The minimum Gasteiger partial charge on any atom is -0.496 e. The van der Waals surface area contributed by atoms with Gasteiger partial charge in [0, 0.05) is 37.0 Å². The summed E-state index contributed by atoms with van der Waals surface area (Å²) in [6.45, 7) is 5.10. The normalized spacial score (nSPS) is 13.9. The third-order valence-corrected chi connectivity index (χ3v) is 5.51. The lowest BCUT2D eigenvalue weighted by Crippen LogP contribution is -2.25. The van der Waals surface area contributed by atoms with Crippen LogP contribution in [0.2, 0.25) is 5.02 Å². The highest BCUT2D eigenvalue weighted by atomic mass is 35.5. The molecule has 0 N–H and O–H groups in total. The molecular weight excluding hydrogens is 400 g/mol. The lowest BCUT2D eigenvalue weighted by molar-refractivity contribution is 0.217. The van der Waals surface area contributed by atoms with Crippen LogP contribution in [-0.2, 0) is 13.1 Å². The van der Waals surface area contributed by atoms with Crippen LogP contribution in [0.25, 0.3) is 11.3 Å². The highest BCUT2D eigenvalue weighted by molar-refractivity contribution is 6.30.